The Balaban J connectivity index is 1.92. The molecule has 0 saturated carbocycles. The smallest absolute Gasteiger partial charge is 0.331 e. The summed E-state index contributed by atoms with van der Waals surface area (Å²) in [7, 11) is 0. The number of thiophene rings is 1. The zero-order valence-electron chi connectivity index (χ0n) is 12.4. The number of nitrogens with one attached hydrogen (secondary N) is 1. The number of amides is 1. The van der Waals surface area contributed by atoms with Gasteiger partial charge in [0.25, 0.3) is 11.6 Å². The average Bonchev–Trinajstić information content (AvgIpc) is 3.07. The minimum absolute atomic E-state index is 0.137. The van der Waals surface area contributed by atoms with Crippen LogP contribution in [-0.4, -0.2) is 23.4 Å². The van der Waals surface area contributed by atoms with Crippen molar-refractivity contribution in [2.75, 3.05) is 11.9 Å². The largest absolute Gasteiger partial charge is 0.452 e. The molecule has 0 fully saturated rings. The van der Waals surface area contributed by atoms with E-state index in [4.69, 9.17) is 4.74 Å². The van der Waals surface area contributed by atoms with Crippen LogP contribution in [0.15, 0.2) is 44.7 Å². The van der Waals surface area contributed by atoms with Crippen molar-refractivity contribution >= 4 is 72.5 Å². The van der Waals surface area contributed by atoms with Crippen LogP contribution in [0.3, 0.4) is 0 Å². The molecular weight excluding hydrogens is 480 g/mol. The maximum atomic E-state index is 11.9. The second-order valence-corrected chi connectivity index (χ2v) is 7.23. The third-order valence-electron chi connectivity index (χ3n) is 2.77. The Hall–Kier alpha value is -2.04. The van der Waals surface area contributed by atoms with Gasteiger partial charge in [0.05, 0.1) is 10.6 Å². The van der Waals surface area contributed by atoms with Gasteiger partial charge in [-0.3, -0.25) is 14.9 Å². The molecule has 0 radical (unpaired) electrons. The molecule has 2 aromatic rings. The molecule has 0 aliphatic carbocycles. The van der Waals surface area contributed by atoms with Crippen molar-refractivity contribution in [1.29, 1.82) is 0 Å². The van der Waals surface area contributed by atoms with Crippen LogP contribution in [0, 0.1) is 10.1 Å². The van der Waals surface area contributed by atoms with E-state index in [9.17, 15) is 19.7 Å². The minimum Gasteiger partial charge on any atom is -0.452 e. The minimum atomic E-state index is -0.648. The summed E-state index contributed by atoms with van der Waals surface area (Å²) >= 11 is 7.77. The monoisotopic (exact) mass is 488 g/mol. The van der Waals surface area contributed by atoms with Gasteiger partial charge in [0, 0.05) is 32.0 Å². The van der Waals surface area contributed by atoms with Crippen molar-refractivity contribution in [1.82, 2.24) is 0 Å². The number of carbonyl (C=O) groups excluding carboxylic acids is 2. The molecular formula is C15H10Br2N2O5S. The molecule has 1 heterocycles. The van der Waals surface area contributed by atoms with Gasteiger partial charge < -0.3 is 10.1 Å². The molecule has 130 valence electrons. The van der Waals surface area contributed by atoms with Gasteiger partial charge in [-0.25, -0.2) is 4.79 Å². The molecule has 7 nitrogen and oxygen atoms in total. The topological polar surface area (TPSA) is 98.5 Å². The highest BCUT2D eigenvalue weighted by Crippen LogP contribution is 2.35. The average molecular weight is 490 g/mol. The number of nitro benzene ring substituents is 1. The summed E-state index contributed by atoms with van der Waals surface area (Å²) in [5.41, 5.74) is 0.169. The summed E-state index contributed by atoms with van der Waals surface area (Å²) in [6.07, 6.45) is 2.82. The van der Waals surface area contributed by atoms with Crippen molar-refractivity contribution in [3.05, 3.63) is 59.7 Å². The number of hydrogen-bond donors (Lipinski definition) is 1. The summed E-state index contributed by atoms with van der Waals surface area (Å²) in [5.74, 6) is -1.22. The van der Waals surface area contributed by atoms with E-state index in [1.54, 1.807) is 6.08 Å². The van der Waals surface area contributed by atoms with E-state index >= 15 is 0 Å². The zero-order valence-corrected chi connectivity index (χ0v) is 16.4. The third kappa shape index (κ3) is 5.76. The standard InChI is InChI=1S/C15H10Br2N2O5S/c16-11-6-9(19(22)23)7-12(17)15(11)18-13(20)8-24-14(21)4-3-10-2-1-5-25-10/h1-7H,8H2,(H,18,20)/b4-3+. The lowest BCUT2D eigenvalue weighted by Gasteiger charge is -2.09. The SMILES string of the molecule is O=C(COC(=O)/C=C/c1cccs1)Nc1c(Br)cc([N+](=O)[O-])cc1Br. The fourth-order valence-corrected chi connectivity index (χ4v) is 3.66. The van der Waals surface area contributed by atoms with Gasteiger partial charge in [0.2, 0.25) is 0 Å². The molecule has 0 aliphatic rings. The van der Waals surface area contributed by atoms with Crippen LogP contribution < -0.4 is 5.32 Å². The number of carbonyl (C=O) groups is 2. The van der Waals surface area contributed by atoms with E-state index in [1.807, 2.05) is 17.5 Å². The summed E-state index contributed by atoms with van der Waals surface area (Å²) in [4.78, 5) is 34.6. The fraction of sp³-hybridized carbons (Fsp3) is 0.0667. The quantitative estimate of drug-likeness (QED) is 0.281. The van der Waals surface area contributed by atoms with Crippen LogP contribution in [0.2, 0.25) is 0 Å². The molecule has 0 spiro atoms. The molecule has 0 saturated heterocycles. The third-order valence-corrected chi connectivity index (χ3v) is 4.86. The summed E-state index contributed by atoms with van der Waals surface area (Å²) in [6, 6.07) is 6.21. The first-order valence-electron chi connectivity index (χ1n) is 6.68. The number of esters is 1. The van der Waals surface area contributed by atoms with E-state index in [0.717, 1.165) is 4.88 Å². The normalized spacial score (nSPS) is 10.6. The van der Waals surface area contributed by atoms with Crippen molar-refractivity contribution in [3.8, 4) is 0 Å². The van der Waals surface area contributed by atoms with Gasteiger partial charge in [0.1, 0.15) is 0 Å². The Bertz CT molecular complexity index is 813. The number of anilines is 1. The number of non-ortho nitro benzene ring substituents is 1. The lowest BCUT2D eigenvalue weighted by atomic mass is 10.3. The highest BCUT2D eigenvalue weighted by molar-refractivity contribution is 9.11. The van der Waals surface area contributed by atoms with Crippen molar-refractivity contribution in [3.63, 3.8) is 0 Å². The number of nitrogens with zero attached hydrogens (tertiary/aromatic N) is 1. The van der Waals surface area contributed by atoms with Crippen LogP contribution in [0.4, 0.5) is 11.4 Å². The molecule has 1 amide bonds. The molecule has 0 bridgehead atoms. The van der Waals surface area contributed by atoms with Gasteiger partial charge in [-0.1, -0.05) is 6.07 Å². The first kappa shape index (κ1) is 19.3. The lowest BCUT2D eigenvalue weighted by Crippen LogP contribution is -2.20. The number of rotatable bonds is 6. The Morgan fingerprint density at radius 2 is 2.00 bits per heavy atom. The Kier molecular flexibility index (Phi) is 6.85. The van der Waals surface area contributed by atoms with Crippen LogP contribution in [-0.2, 0) is 14.3 Å². The van der Waals surface area contributed by atoms with Crippen molar-refractivity contribution in [2.45, 2.75) is 0 Å². The maximum Gasteiger partial charge on any atom is 0.331 e. The van der Waals surface area contributed by atoms with Gasteiger partial charge in [-0.15, -0.1) is 11.3 Å². The number of benzene rings is 1. The highest BCUT2D eigenvalue weighted by Gasteiger charge is 2.16. The number of ether oxygens (including phenoxy) is 1. The van der Waals surface area contributed by atoms with E-state index < -0.39 is 23.4 Å². The van der Waals surface area contributed by atoms with Gasteiger partial charge >= 0.3 is 5.97 Å². The predicted molar refractivity (Wildman–Crippen MR) is 101 cm³/mol. The molecule has 0 atom stereocenters. The number of nitro groups is 1. The van der Waals surface area contributed by atoms with E-state index in [0.29, 0.717) is 14.6 Å². The second-order valence-electron chi connectivity index (χ2n) is 4.55. The van der Waals surface area contributed by atoms with E-state index in [2.05, 4.69) is 37.2 Å². The lowest BCUT2D eigenvalue weighted by molar-refractivity contribution is -0.385. The Morgan fingerprint density at radius 1 is 1.32 bits per heavy atom. The molecule has 0 aliphatic heterocycles. The zero-order chi connectivity index (χ0) is 18.4. The molecule has 1 aromatic carbocycles. The Morgan fingerprint density at radius 3 is 2.56 bits per heavy atom. The number of hydrogen-bond acceptors (Lipinski definition) is 6. The van der Waals surface area contributed by atoms with Crippen LogP contribution in [0.25, 0.3) is 6.08 Å². The predicted octanol–water partition coefficient (Wildman–Crippen LogP) is 4.38. The highest BCUT2D eigenvalue weighted by atomic mass is 79.9. The summed E-state index contributed by atoms with van der Waals surface area (Å²) in [6.45, 7) is -0.483. The summed E-state index contributed by atoms with van der Waals surface area (Å²) in [5, 5.41) is 15.2. The summed E-state index contributed by atoms with van der Waals surface area (Å²) < 4.78 is 5.49. The Labute approximate surface area is 163 Å². The first-order valence-corrected chi connectivity index (χ1v) is 9.15. The molecule has 1 aromatic heterocycles. The van der Waals surface area contributed by atoms with E-state index in [1.165, 1.54) is 29.5 Å². The number of halogens is 2. The molecule has 2 rings (SSSR count). The molecule has 25 heavy (non-hydrogen) atoms. The van der Waals surface area contributed by atoms with Gasteiger partial charge in [-0.05, 0) is 49.4 Å². The van der Waals surface area contributed by atoms with Gasteiger partial charge in [0.15, 0.2) is 6.61 Å². The fourth-order valence-electron chi connectivity index (χ4n) is 1.68. The van der Waals surface area contributed by atoms with Crippen molar-refractivity contribution in [2.24, 2.45) is 0 Å². The van der Waals surface area contributed by atoms with Crippen molar-refractivity contribution < 1.29 is 19.2 Å². The molecule has 1 N–H and O–H groups in total. The van der Waals surface area contributed by atoms with Crippen LogP contribution in [0.5, 0.6) is 0 Å². The van der Waals surface area contributed by atoms with Crippen LogP contribution in [0.1, 0.15) is 4.88 Å². The molecule has 0 unspecified atom stereocenters. The van der Waals surface area contributed by atoms with E-state index in [-0.39, 0.29) is 5.69 Å². The van der Waals surface area contributed by atoms with Crippen LogP contribution >= 0.6 is 43.2 Å². The molecule has 10 heteroatoms. The first-order chi connectivity index (χ1) is 11.9. The van der Waals surface area contributed by atoms with Gasteiger partial charge in [-0.2, -0.15) is 0 Å². The second kappa shape index (κ2) is 8.88. The maximum absolute atomic E-state index is 11.9.